The highest BCUT2D eigenvalue weighted by Gasteiger charge is 2.44. The van der Waals surface area contributed by atoms with Gasteiger partial charge in [0.1, 0.15) is 11.6 Å². The van der Waals surface area contributed by atoms with Crippen LogP contribution in [0.25, 0.3) is 6.08 Å². The summed E-state index contributed by atoms with van der Waals surface area (Å²) in [6.45, 7) is 12.8. The van der Waals surface area contributed by atoms with E-state index in [4.69, 9.17) is 4.98 Å². The summed E-state index contributed by atoms with van der Waals surface area (Å²) >= 11 is 0. The highest BCUT2D eigenvalue weighted by Crippen LogP contribution is 2.41. The number of nitrogens with zero attached hydrogens (tertiary/aromatic N) is 5. The first kappa shape index (κ1) is 27.0. The van der Waals surface area contributed by atoms with Crippen molar-refractivity contribution in [1.82, 2.24) is 19.7 Å². The Morgan fingerprint density at radius 1 is 0.947 bits per heavy atom. The van der Waals surface area contributed by atoms with Gasteiger partial charge >= 0.3 is 0 Å². The van der Waals surface area contributed by atoms with Gasteiger partial charge < -0.3 is 14.7 Å². The quantitative estimate of drug-likeness (QED) is 0.524. The van der Waals surface area contributed by atoms with Gasteiger partial charge in [-0.3, -0.25) is 9.69 Å². The molecule has 1 atom stereocenters. The number of pyridine rings is 1. The van der Waals surface area contributed by atoms with Crippen LogP contribution in [0, 0.1) is 11.2 Å². The van der Waals surface area contributed by atoms with Gasteiger partial charge in [-0.1, -0.05) is 38.5 Å². The van der Waals surface area contributed by atoms with Crippen LogP contribution in [0.1, 0.15) is 50.4 Å². The maximum Gasteiger partial charge on any atom is 0.167 e. The molecule has 6 nitrogen and oxygen atoms in total. The van der Waals surface area contributed by atoms with Crippen LogP contribution < -0.4 is 4.90 Å². The molecule has 1 aromatic heterocycles. The van der Waals surface area contributed by atoms with Crippen molar-refractivity contribution in [1.29, 1.82) is 0 Å². The third-order valence-electron chi connectivity index (χ3n) is 8.36. The molecule has 4 heterocycles. The maximum atomic E-state index is 14.0. The Balaban J connectivity index is 1.49. The van der Waals surface area contributed by atoms with Crippen molar-refractivity contribution in [3.8, 4) is 0 Å². The second-order valence-electron chi connectivity index (χ2n) is 11.9. The molecule has 0 N–H and O–H groups in total. The summed E-state index contributed by atoms with van der Waals surface area (Å²) in [7, 11) is 2.15. The summed E-state index contributed by atoms with van der Waals surface area (Å²) in [5.41, 5.74) is 1.98. The summed E-state index contributed by atoms with van der Waals surface area (Å²) < 4.78 is 13.9. The Labute approximate surface area is 227 Å². The summed E-state index contributed by atoms with van der Waals surface area (Å²) in [4.78, 5) is 28.5. The number of carbonyl (C=O) groups is 1. The number of ketones is 1. The monoisotopic (exact) mass is 519 g/mol. The molecule has 1 unspecified atom stereocenters. The van der Waals surface area contributed by atoms with Gasteiger partial charge in [0.2, 0.25) is 0 Å². The molecule has 0 saturated carbocycles. The van der Waals surface area contributed by atoms with Crippen molar-refractivity contribution in [2.75, 3.05) is 70.9 Å². The Kier molecular flexibility index (Phi) is 8.26. The molecule has 1 aromatic carbocycles. The lowest BCUT2D eigenvalue weighted by atomic mass is 9.74. The van der Waals surface area contributed by atoms with Gasteiger partial charge in [-0.2, -0.15) is 0 Å². The summed E-state index contributed by atoms with van der Waals surface area (Å²) in [6.07, 6.45) is 5.81. The number of halogens is 1. The summed E-state index contributed by atoms with van der Waals surface area (Å²) in [5, 5.41) is 0. The fourth-order valence-electron chi connectivity index (χ4n) is 6.11. The van der Waals surface area contributed by atoms with Crippen LogP contribution >= 0.6 is 0 Å². The van der Waals surface area contributed by atoms with Crippen molar-refractivity contribution in [2.45, 2.75) is 39.2 Å². The van der Waals surface area contributed by atoms with E-state index < -0.39 is 5.41 Å². The zero-order chi connectivity index (χ0) is 26.7. The number of hydrogen-bond donors (Lipinski definition) is 0. The third-order valence-corrected chi connectivity index (χ3v) is 8.36. The van der Waals surface area contributed by atoms with E-state index in [9.17, 15) is 9.18 Å². The van der Waals surface area contributed by atoms with Crippen LogP contribution in [0.3, 0.4) is 0 Å². The maximum absolute atomic E-state index is 14.0. The van der Waals surface area contributed by atoms with E-state index >= 15 is 0 Å². The summed E-state index contributed by atoms with van der Waals surface area (Å²) in [6, 6.07) is 12.5. The average molecular weight is 520 g/mol. The first-order chi connectivity index (χ1) is 18.3. The standard InChI is InChI=1S/C31H42FN5O/c1-31(2)23-37(21-18-35-14-5-4-6-15-35)29(24-10-12-25(32)13-11-24)27(30(31)38)22-26-8-7-9-28(33-26)36-19-16-34(3)17-20-36/h7-13,22,29H,4-6,14-21,23H2,1-3H3/b27-22-. The molecule has 5 rings (SSSR count). The van der Waals surface area contributed by atoms with E-state index in [1.165, 1.54) is 31.4 Å². The Morgan fingerprint density at radius 3 is 2.37 bits per heavy atom. The zero-order valence-electron chi connectivity index (χ0n) is 23.2. The van der Waals surface area contributed by atoms with E-state index in [1.807, 2.05) is 44.2 Å². The van der Waals surface area contributed by atoms with Gasteiger partial charge in [-0.05, 0) is 68.9 Å². The van der Waals surface area contributed by atoms with Gasteiger partial charge in [-0.25, -0.2) is 9.37 Å². The molecule has 0 radical (unpaired) electrons. The number of Topliss-reactive ketones (excluding diaryl/α,β-unsaturated/α-hetero) is 1. The number of likely N-dealkylation sites (N-methyl/N-ethyl adjacent to an activating group) is 1. The molecule has 38 heavy (non-hydrogen) atoms. The number of hydrogen-bond acceptors (Lipinski definition) is 6. The first-order valence-corrected chi connectivity index (χ1v) is 14.2. The van der Waals surface area contributed by atoms with E-state index in [-0.39, 0.29) is 17.6 Å². The minimum atomic E-state index is -0.515. The van der Waals surface area contributed by atoms with Crippen molar-refractivity contribution in [3.63, 3.8) is 0 Å². The predicted octanol–water partition coefficient (Wildman–Crippen LogP) is 4.49. The number of carbonyl (C=O) groups excluding carboxylic acids is 1. The fraction of sp³-hybridized carbons (Fsp3) is 0.548. The number of likely N-dealkylation sites (tertiary alicyclic amines) is 2. The van der Waals surface area contributed by atoms with Crippen molar-refractivity contribution in [2.24, 2.45) is 5.41 Å². The normalized spacial score (nSPS) is 24.7. The molecule has 7 heteroatoms. The van der Waals surface area contributed by atoms with Crippen molar-refractivity contribution >= 4 is 17.7 Å². The van der Waals surface area contributed by atoms with Crippen LogP contribution in [-0.4, -0.2) is 91.4 Å². The van der Waals surface area contributed by atoms with Crippen molar-refractivity contribution in [3.05, 3.63) is 65.1 Å². The smallest absolute Gasteiger partial charge is 0.167 e. The third kappa shape index (κ3) is 6.16. The van der Waals surface area contributed by atoms with Gasteiger partial charge in [0.25, 0.3) is 0 Å². The van der Waals surface area contributed by atoms with Crippen LogP contribution in [-0.2, 0) is 4.79 Å². The number of piperazine rings is 1. The van der Waals surface area contributed by atoms with Gasteiger partial charge in [0.05, 0.1) is 11.7 Å². The molecule has 204 valence electrons. The average Bonchev–Trinajstić information content (AvgIpc) is 2.92. The van der Waals surface area contributed by atoms with Crippen molar-refractivity contribution < 1.29 is 9.18 Å². The van der Waals surface area contributed by atoms with E-state index in [0.29, 0.717) is 6.54 Å². The van der Waals surface area contributed by atoms with E-state index in [1.54, 1.807) is 0 Å². The first-order valence-electron chi connectivity index (χ1n) is 14.2. The molecule has 3 aliphatic rings. The van der Waals surface area contributed by atoms with Gasteiger partial charge in [0.15, 0.2) is 5.78 Å². The van der Waals surface area contributed by atoms with E-state index in [2.05, 4.69) is 32.7 Å². The molecule has 3 saturated heterocycles. The highest BCUT2D eigenvalue weighted by atomic mass is 19.1. The molecule has 0 amide bonds. The topological polar surface area (TPSA) is 42.9 Å². The lowest BCUT2D eigenvalue weighted by Crippen LogP contribution is -2.51. The predicted molar refractivity (Wildman–Crippen MR) is 152 cm³/mol. The second kappa shape index (κ2) is 11.6. The van der Waals surface area contributed by atoms with Crippen LogP contribution in [0.4, 0.5) is 10.2 Å². The molecule has 0 aliphatic carbocycles. The number of aromatic nitrogens is 1. The second-order valence-corrected chi connectivity index (χ2v) is 11.9. The van der Waals surface area contributed by atoms with Crippen LogP contribution in [0.15, 0.2) is 48.0 Å². The Hall–Kier alpha value is -2.61. The van der Waals surface area contributed by atoms with Crippen LogP contribution in [0.2, 0.25) is 0 Å². The Morgan fingerprint density at radius 2 is 1.66 bits per heavy atom. The lowest BCUT2D eigenvalue weighted by molar-refractivity contribution is -0.128. The molecule has 3 fully saturated rings. The lowest BCUT2D eigenvalue weighted by Gasteiger charge is -2.45. The number of rotatable bonds is 6. The molecule has 2 aromatic rings. The fourth-order valence-corrected chi connectivity index (χ4v) is 6.11. The van der Waals surface area contributed by atoms with Gasteiger partial charge in [-0.15, -0.1) is 0 Å². The Bertz CT molecular complexity index is 1130. The van der Waals surface area contributed by atoms with Gasteiger partial charge in [0, 0.05) is 56.8 Å². The SMILES string of the molecule is CN1CCN(c2cccc(/C=C3\C(=O)C(C)(C)CN(CCN4CCCCC4)C3c3ccc(F)cc3)n2)CC1. The van der Waals surface area contributed by atoms with Crippen LogP contribution in [0.5, 0.6) is 0 Å². The minimum absolute atomic E-state index is 0.146. The zero-order valence-corrected chi connectivity index (χ0v) is 23.2. The largest absolute Gasteiger partial charge is 0.354 e. The highest BCUT2D eigenvalue weighted by molar-refractivity contribution is 6.05. The number of anilines is 1. The molecule has 3 aliphatic heterocycles. The number of benzene rings is 1. The van der Waals surface area contributed by atoms with E-state index in [0.717, 1.165) is 75.0 Å². The summed E-state index contributed by atoms with van der Waals surface area (Å²) in [5.74, 6) is 0.839. The molecular formula is C31H42FN5O. The minimum Gasteiger partial charge on any atom is -0.354 e. The number of piperidine rings is 2. The molecule has 0 bridgehead atoms. The molecular weight excluding hydrogens is 477 g/mol. The molecule has 0 spiro atoms.